The Labute approximate surface area is 163 Å². The van der Waals surface area contributed by atoms with Gasteiger partial charge >= 0.3 is 0 Å². The third kappa shape index (κ3) is 3.55. The molecule has 0 aromatic carbocycles. The van der Waals surface area contributed by atoms with Crippen LogP contribution in [0.25, 0.3) is 5.65 Å². The predicted octanol–water partition coefficient (Wildman–Crippen LogP) is 0.472. The average Bonchev–Trinajstić information content (AvgIpc) is 2.97. The number of nitrogens with one attached hydrogen (secondary N) is 1. The third-order valence-electron chi connectivity index (χ3n) is 4.48. The number of rotatable bonds is 3. The molecule has 0 spiro atoms. The maximum Gasteiger partial charge on any atom is 0.263 e. The largest absolute Gasteiger partial charge is 0.381 e. The number of amides is 1. The van der Waals surface area contributed by atoms with Crippen LogP contribution < -0.4 is 16.0 Å². The summed E-state index contributed by atoms with van der Waals surface area (Å²) < 4.78 is 52.2. The van der Waals surface area contributed by atoms with Crippen LogP contribution in [0.1, 0.15) is 10.4 Å². The molecular weight excluding hydrogens is 408 g/mol. The maximum absolute atomic E-state index is 14.5. The van der Waals surface area contributed by atoms with E-state index >= 15 is 0 Å². The molecule has 0 radical (unpaired) electrons. The number of sulfone groups is 1. The lowest BCUT2D eigenvalue weighted by molar-refractivity contribution is 0.102. The molecule has 3 N–H and O–H groups in total. The predicted molar refractivity (Wildman–Crippen MR) is 100 cm³/mol. The fourth-order valence-electron chi connectivity index (χ4n) is 3.11. The first kappa shape index (κ1) is 19.0. The molecule has 0 saturated carbocycles. The summed E-state index contributed by atoms with van der Waals surface area (Å²) in [5, 5.41) is 6.37. The quantitative estimate of drug-likeness (QED) is 0.621. The van der Waals surface area contributed by atoms with Crippen molar-refractivity contribution in [2.24, 2.45) is 0 Å². The second kappa shape index (κ2) is 6.92. The van der Waals surface area contributed by atoms with E-state index in [4.69, 9.17) is 5.73 Å². The number of aromatic nitrogens is 4. The molecule has 13 heteroatoms. The summed E-state index contributed by atoms with van der Waals surface area (Å²) in [6.07, 6.45) is 4.14. The molecule has 0 aliphatic carbocycles. The van der Waals surface area contributed by atoms with Gasteiger partial charge in [0, 0.05) is 13.1 Å². The monoisotopic (exact) mass is 423 g/mol. The van der Waals surface area contributed by atoms with E-state index in [1.807, 2.05) is 0 Å². The van der Waals surface area contributed by atoms with E-state index in [0.717, 1.165) is 23.1 Å². The van der Waals surface area contributed by atoms with Gasteiger partial charge in [0.15, 0.2) is 32.9 Å². The van der Waals surface area contributed by atoms with E-state index in [1.54, 1.807) is 0 Å². The van der Waals surface area contributed by atoms with Gasteiger partial charge in [-0.15, -0.1) is 5.10 Å². The summed E-state index contributed by atoms with van der Waals surface area (Å²) in [7, 11) is -3.17. The van der Waals surface area contributed by atoms with Crippen LogP contribution in [0.15, 0.2) is 24.8 Å². The molecule has 1 aliphatic heterocycles. The number of hydrogen-bond acceptors (Lipinski definition) is 8. The van der Waals surface area contributed by atoms with Gasteiger partial charge in [-0.05, 0) is 0 Å². The molecule has 0 bridgehead atoms. The van der Waals surface area contributed by atoms with Crippen LogP contribution in [0.2, 0.25) is 0 Å². The van der Waals surface area contributed by atoms with Crippen molar-refractivity contribution in [1.29, 1.82) is 0 Å². The third-order valence-corrected chi connectivity index (χ3v) is 6.09. The summed E-state index contributed by atoms with van der Waals surface area (Å²) >= 11 is 0. The summed E-state index contributed by atoms with van der Waals surface area (Å²) in [5.74, 6) is -2.55. The molecule has 1 aliphatic rings. The number of nitrogen functional groups attached to an aromatic ring is 1. The Hall–Kier alpha value is -3.35. The number of hydrogen-bond donors (Lipinski definition) is 2. The number of nitrogens with zero attached hydrogens (tertiary/aromatic N) is 5. The molecule has 0 atom stereocenters. The van der Waals surface area contributed by atoms with Crippen molar-refractivity contribution in [1.82, 2.24) is 19.6 Å². The fourth-order valence-corrected chi connectivity index (χ4v) is 4.31. The first-order valence-electron chi connectivity index (χ1n) is 8.45. The van der Waals surface area contributed by atoms with Crippen LogP contribution in [0.5, 0.6) is 0 Å². The number of halogens is 2. The Morgan fingerprint density at radius 1 is 1.17 bits per heavy atom. The van der Waals surface area contributed by atoms with Crippen LogP contribution in [0.4, 0.5) is 26.0 Å². The zero-order valence-corrected chi connectivity index (χ0v) is 15.7. The van der Waals surface area contributed by atoms with Gasteiger partial charge in [0.2, 0.25) is 0 Å². The zero-order chi connectivity index (χ0) is 20.8. The van der Waals surface area contributed by atoms with Crippen molar-refractivity contribution in [2.75, 3.05) is 40.5 Å². The molecule has 10 nitrogen and oxygen atoms in total. The number of fused-ring (bicyclic) bond motifs is 1. The van der Waals surface area contributed by atoms with Crippen molar-refractivity contribution >= 4 is 38.6 Å². The molecule has 1 saturated heterocycles. The minimum absolute atomic E-state index is 0.0244. The number of nitrogens with two attached hydrogens (primary N) is 1. The SMILES string of the molecule is Nc1nn2cc(F)cnc2c1C(=O)Nc1cncc(F)c1N1CCS(=O)(=O)CC1. The van der Waals surface area contributed by atoms with Crippen molar-refractivity contribution < 1.29 is 22.0 Å². The lowest BCUT2D eigenvalue weighted by Gasteiger charge is -2.30. The van der Waals surface area contributed by atoms with Crippen LogP contribution in [0, 0.1) is 11.6 Å². The van der Waals surface area contributed by atoms with Gasteiger partial charge in [0.25, 0.3) is 5.91 Å². The molecule has 0 unspecified atom stereocenters. The molecule has 152 valence electrons. The van der Waals surface area contributed by atoms with Gasteiger partial charge in [0.1, 0.15) is 11.3 Å². The highest BCUT2D eigenvalue weighted by molar-refractivity contribution is 7.91. The Bertz CT molecular complexity index is 1210. The highest BCUT2D eigenvalue weighted by Crippen LogP contribution is 2.30. The summed E-state index contributed by atoms with van der Waals surface area (Å²) in [6, 6.07) is 0. The summed E-state index contributed by atoms with van der Waals surface area (Å²) in [4.78, 5) is 21.9. The molecule has 3 aromatic rings. The van der Waals surface area contributed by atoms with Gasteiger partial charge in [0.05, 0.1) is 42.0 Å². The Balaban J connectivity index is 1.68. The topological polar surface area (TPSA) is 136 Å². The molecule has 4 heterocycles. The van der Waals surface area contributed by atoms with Gasteiger partial charge in [-0.3, -0.25) is 9.78 Å². The van der Waals surface area contributed by atoms with Crippen LogP contribution in [-0.4, -0.2) is 58.5 Å². The van der Waals surface area contributed by atoms with E-state index < -0.39 is 27.4 Å². The maximum atomic E-state index is 14.5. The number of anilines is 3. The van der Waals surface area contributed by atoms with E-state index in [0.29, 0.717) is 0 Å². The van der Waals surface area contributed by atoms with Gasteiger partial charge in [-0.1, -0.05) is 0 Å². The Kier molecular flexibility index (Phi) is 4.53. The molecule has 1 fully saturated rings. The number of carbonyl (C=O) groups is 1. The fraction of sp³-hybridized carbons (Fsp3) is 0.250. The average molecular weight is 423 g/mol. The van der Waals surface area contributed by atoms with Crippen LogP contribution in [-0.2, 0) is 9.84 Å². The number of carbonyl (C=O) groups excluding carboxylic acids is 1. The first-order chi connectivity index (χ1) is 13.7. The first-order valence-corrected chi connectivity index (χ1v) is 10.3. The minimum Gasteiger partial charge on any atom is -0.381 e. The van der Waals surface area contributed by atoms with E-state index in [-0.39, 0.29) is 53.0 Å². The van der Waals surface area contributed by atoms with E-state index in [1.165, 1.54) is 11.1 Å². The second-order valence-electron chi connectivity index (χ2n) is 6.41. The lowest BCUT2D eigenvalue weighted by atomic mass is 10.2. The zero-order valence-electron chi connectivity index (χ0n) is 14.8. The van der Waals surface area contributed by atoms with Gasteiger partial charge in [-0.2, -0.15) is 0 Å². The molecule has 29 heavy (non-hydrogen) atoms. The van der Waals surface area contributed by atoms with Crippen LogP contribution in [0.3, 0.4) is 0 Å². The number of pyridine rings is 1. The Morgan fingerprint density at radius 3 is 2.62 bits per heavy atom. The summed E-state index contributed by atoms with van der Waals surface area (Å²) in [5.41, 5.74) is 5.75. The van der Waals surface area contributed by atoms with Crippen LogP contribution >= 0.6 is 0 Å². The van der Waals surface area contributed by atoms with Crippen molar-refractivity contribution in [3.8, 4) is 0 Å². The Morgan fingerprint density at radius 2 is 1.90 bits per heavy atom. The summed E-state index contributed by atoms with van der Waals surface area (Å²) in [6.45, 7) is 0.150. The van der Waals surface area contributed by atoms with Crippen molar-refractivity contribution in [3.05, 3.63) is 42.0 Å². The lowest BCUT2D eigenvalue weighted by Crippen LogP contribution is -2.41. The highest BCUT2D eigenvalue weighted by atomic mass is 32.2. The van der Waals surface area contributed by atoms with Crippen molar-refractivity contribution in [2.45, 2.75) is 0 Å². The van der Waals surface area contributed by atoms with Gasteiger partial charge < -0.3 is 16.0 Å². The normalized spacial score (nSPS) is 16.1. The van der Waals surface area contributed by atoms with E-state index in [2.05, 4.69) is 20.4 Å². The molecule has 3 aromatic heterocycles. The molecule has 1 amide bonds. The second-order valence-corrected chi connectivity index (χ2v) is 8.71. The highest BCUT2D eigenvalue weighted by Gasteiger charge is 2.27. The van der Waals surface area contributed by atoms with Gasteiger partial charge in [-0.25, -0.2) is 26.7 Å². The molecular formula is C16H15F2N7O3S. The standard InChI is InChI=1S/C16H15F2N7O3S/c17-9-5-21-15-12(14(19)23-25(15)8-9)16(26)22-11-7-20-6-10(18)13(11)24-1-3-29(27,28)4-2-24/h5-8H,1-4H2,(H2,19,23)(H,22,26). The minimum atomic E-state index is -3.17. The smallest absolute Gasteiger partial charge is 0.263 e. The van der Waals surface area contributed by atoms with Crippen molar-refractivity contribution in [3.63, 3.8) is 0 Å². The van der Waals surface area contributed by atoms with E-state index in [9.17, 15) is 22.0 Å². The molecule has 4 rings (SSSR count).